The van der Waals surface area contributed by atoms with Gasteiger partial charge in [-0.1, -0.05) is 55.0 Å². The molecule has 1 N–H and O–H groups in total. The quantitative estimate of drug-likeness (QED) is 0.668. The van der Waals surface area contributed by atoms with Gasteiger partial charge in [-0.3, -0.25) is 10.1 Å². The fourth-order valence-electron chi connectivity index (χ4n) is 4.74. The first-order chi connectivity index (χ1) is 14.1. The maximum Gasteiger partial charge on any atom is 0.324 e. The molecule has 8 heteroatoms. The van der Waals surface area contributed by atoms with Crippen LogP contribution in [-0.2, 0) is 4.79 Å². The molecule has 6 nitrogen and oxygen atoms in total. The molecule has 0 spiro atoms. The van der Waals surface area contributed by atoms with Gasteiger partial charge in [-0.2, -0.15) is 0 Å². The molecule has 2 aliphatic carbocycles. The molecule has 29 heavy (non-hydrogen) atoms. The van der Waals surface area contributed by atoms with Crippen molar-refractivity contribution in [3.63, 3.8) is 0 Å². The summed E-state index contributed by atoms with van der Waals surface area (Å²) in [6.07, 6.45) is 13.3. The number of likely N-dealkylation sites (tertiary alicyclic amines) is 1. The Balaban J connectivity index is 1.36. The number of rotatable bonds is 6. The van der Waals surface area contributed by atoms with Gasteiger partial charge in [0.25, 0.3) is 0 Å². The van der Waals surface area contributed by atoms with E-state index >= 15 is 0 Å². The third kappa shape index (κ3) is 5.63. The minimum absolute atomic E-state index is 0.0681. The third-order valence-electron chi connectivity index (χ3n) is 6.57. The Morgan fingerprint density at radius 2 is 1.79 bits per heavy atom. The van der Waals surface area contributed by atoms with Crippen LogP contribution in [0.2, 0.25) is 4.34 Å². The van der Waals surface area contributed by atoms with Gasteiger partial charge < -0.3 is 9.80 Å². The van der Waals surface area contributed by atoms with E-state index in [1.807, 2.05) is 4.90 Å². The van der Waals surface area contributed by atoms with Crippen molar-refractivity contribution in [3.8, 4) is 0 Å². The van der Waals surface area contributed by atoms with E-state index in [-0.39, 0.29) is 18.1 Å². The largest absolute Gasteiger partial charge is 0.343 e. The Morgan fingerprint density at radius 1 is 1.10 bits per heavy atom. The van der Waals surface area contributed by atoms with E-state index in [2.05, 4.69) is 15.2 Å². The van der Waals surface area contributed by atoms with Gasteiger partial charge in [-0.25, -0.2) is 9.78 Å². The summed E-state index contributed by atoms with van der Waals surface area (Å²) in [5.74, 6) is 1.09. The molecule has 3 amide bonds. The summed E-state index contributed by atoms with van der Waals surface area (Å²) in [5, 5.41) is 3.51. The lowest BCUT2D eigenvalue weighted by molar-refractivity contribution is -0.132. The number of amides is 3. The molecule has 0 bridgehead atoms. The molecule has 1 aliphatic heterocycles. The number of thiazole rings is 1. The van der Waals surface area contributed by atoms with Crippen LogP contribution < -0.4 is 5.32 Å². The summed E-state index contributed by atoms with van der Waals surface area (Å²) < 4.78 is 0.572. The number of aromatic nitrogens is 1. The van der Waals surface area contributed by atoms with Crippen molar-refractivity contribution in [2.75, 3.05) is 18.4 Å². The van der Waals surface area contributed by atoms with Crippen LogP contribution in [0.1, 0.15) is 70.6 Å². The molecule has 0 radical (unpaired) electrons. The first kappa shape index (κ1) is 20.9. The molecule has 0 unspecified atom stereocenters. The van der Waals surface area contributed by atoms with Crippen LogP contribution in [0.4, 0.5) is 9.93 Å². The molecule has 3 aliphatic rings. The summed E-state index contributed by atoms with van der Waals surface area (Å²) in [6.45, 7) is 1.52. The molecular formula is C21H31ClN4O2S. The number of anilines is 1. The van der Waals surface area contributed by atoms with E-state index in [1.54, 1.807) is 6.20 Å². The van der Waals surface area contributed by atoms with E-state index in [1.165, 1.54) is 43.4 Å². The van der Waals surface area contributed by atoms with Crippen molar-refractivity contribution < 1.29 is 9.59 Å². The van der Waals surface area contributed by atoms with Crippen LogP contribution in [0.3, 0.4) is 0 Å². The van der Waals surface area contributed by atoms with Crippen LogP contribution in [-0.4, -0.2) is 51.9 Å². The first-order valence-electron chi connectivity index (χ1n) is 11.1. The lowest BCUT2D eigenvalue weighted by Crippen LogP contribution is -2.54. The molecule has 0 atom stereocenters. The number of piperidine rings is 1. The van der Waals surface area contributed by atoms with E-state index in [4.69, 9.17) is 11.6 Å². The average Bonchev–Trinajstić information content (AvgIpc) is 3.48. The number of halogens is 1. The topological polar surface area (TPSA) is 65.5 Å². The van der Waals surface area contributed by atoms with Gasteiger partial charge in [-0.15, -0.1) is 0 Å². The van der Waals surface area contributed by atoms with Crippen molar-refractivity contribution in [2.45, 2.75) is 82.7 Å². The fraction of sp³-hybridized carbons (Fsp3) is 0.762. The number of carbonyl (C=O) groups is 2. The second-order valence-electron chi connectivity index (χ2n) is 8.69. The standard InChI is InChI=1S/C21H31ClN4O2S/c22-18-14-23-20(29-18)24-21(28)26(16-4-2-1-3-5-16)17-10-12-25(13-11-17)19(27)9-8-15-6-7-15/h14-17H,1-13H2,(H,23,24,28). The lowest BCUT2D eigenvalue weighted by Gasteiger charge is -2.43. The number of hydrogen-bond acceptors (Lipinski definition) is 4. The molecule has 1 aromatic heterocycles. The number of nitrogens with zero attached hydrogens (tertiary/aromatic N) is 3. The Bertz CT molecular complexity index is 709. The van der Waals surface area contributed by atoms with Crippen LogP contribution >= 0.6 is 22.9 Å². The highest BCUT2D eigenvalue weighted by molar-refractivity contribution is 7.19. The number of hydrogen-bond donors (Lipinski definition) is 1. The number of urea groups is 1. The van der Waals surface area contributed by atoms with Gasteiger partial charge in [0.05, 0.1) is 6.20 Å². The highest BCUT2D eigenvalue weighted by Crippen LogP contribution is 2.34. The molecule has 0 aromatic carbocycles. The first-order valence-corrected chi connectivity index (χ1v) is 12.3. The fourth-order valence-corrected chi connectivity index (χ4v) is 5.54. The van der Waals surface area contributed by atoms with Gasteiger partial charge in [-0.05, 0) is 38.0 Å². The molecule has 2 heterocycles. The van der Waals surface area contributed by atoms with Gasteiger partial charge in [0.1, 0.15) is 4.34 Å². The molecular weight excluding hydrogens is 408 g/mol. The lowest BCUT2D eigenvalue weighted by atomic mass is 9.91. The summed E-state index contributed by atoms with van der Waals surface area (Å²) >= 11 is 7.26. The summed E-state index contributed by atoms with van der Waals surface area (Å²) in [7, 11) is 0. The predicted octanol–water partition coefficient (Wildman–Crippen LogP) is 5.14. The molecule has 160 valence electrons. The molecule has 1 saturated heterocycles. The zero-order valence-corrected chi connectivity index (χ0v) is 18.5. The Kier molecular flexibility index (Phi) is 6.96. The SMILES string of the molecule is O=C(CCC1CC1)N1CCC(N(C(=O)Nc2ncc(Cl)s2)C2CCCCC2)CC1. The molecule has 3 fully saturated rings. The van der Waals surface area contributed by atoms with Crippen molar-refractivity contribution in [1.29, 1.82) is 0 Å². The van der Waals surface area contributed by atoms with Gasteiger partial charge in [0.15, 0.2) is 5.13 Å². The second-order valence-corrected chi connectivity index (χ2v) is 10.4. The molecule has 1 aromatic rings. The van der Waals surface area contributed by atoms with Gasteiger partial charge >= 0.3 is 6.03 Å². The zero-order valence-electron chi connectivity index (χ0n) is 16.9. The zero-order chi connectivity index (χ0) is 20.2. The Morgan fingerprint density at radius 3 is 2.41 bits per heavy atom. The monoisotopic (exact) mass is 438 g/mol. The summed E-state index contributed by atoms with van der Waals surface area (Å²) in [6, 6.07) is 0.392. The van der Waals surface area contributed by atoms with Crippen molar-refractivity contribution in [1.82, 2.24) is 14.8 Å². The third-order valence-corrected chi connectivity index (χ3v) is 7.60. The minimum Gasteiger partial charge on any atom is -0.343 e. The van der Waals surface area contributed by atoms with Crippen molar-refractivity contribution in [2.24, 2.45) is 5.92 Å². The van der Waals surface area contributed by atoms with Crippen LogP contribution in [0, 0.1) is 5.92 Å². The van der Waals surface area contributed by atoms with E-state index < -0.39 is 0 Å². The van der Waals surface area contributed by atoms with E-state index in [0.29, 0.717) is 21.8 Å². The summed E-state index contributed by atoms with van der Waals surface area (Å²) in [5.41, 5.74) is 0. The van der Waals surface area contributed by atoms with Crippen molar-refractivity contribution >= 4 is 40.0 Å². The predicted molar refractivity (Wildman–Crippen MR) is 116 cm³/mol. The Labute approximate surface area is 182 Å². The molecule has 2 saturated carbocycles. The van der Waals surface area contributed by atoms with E-state index in [9.17, 15) is 9.59 Å². The van der Waals surface area contributed by atoms with Crippen molar-refractivity contribution in [3.05, 3.63) is 10.5 Å². The van der Waals surface area contributed by atoms with Crippen LogP contribution in [0.25, 0.3) is 0 Å². The van der Waals surface area contributed by atoms with E-state index in [0.717, 1.165) is 51.1 Å². The van der Waals surface area contributed by atoms with Gasteiger partial charge in [0, 0.05) is 31.6 Å². The average molecular weight is 439 g/mol. The van der Waals surface area contributed by atoms with Gasteiger partial charge in [0.2, 0.25) is 5.91 Å². The maximum absolute atomic E-state index is 13.2. The highest BCUT2D eigenvalue weighted by atomic mass is 35.5. The Hall–Kier alpha value is -1.34. The minimum atomic E-state index is -0.0681. The normalized spacial score (nSPS) is 21.2. The maximum atomic E-state index is 13.2. The van der Waals surface area contributed by atoms with Crippen LogP contribution in [0.5, 0.6) is 0 Å². The summed E-state index contributed by atoms with van der Waals surface area (Å²) in [4.78, 5) is 33.9. The highest BCUT2D eigenvalue weighted by Gasteiger charge is 2.35. The molecule has 4 rings (SSSR count). The number of carbonyl (C=O) groups excluding carboxylic acids is 2. The number of nitrogens with one attached hydrogen (secondary N) is 1. The van der Waals surface area contributed by atoms with Crippen LogP contribution in [0.15, 0.2) is 6.20 Å². The smallest absolute Gasteiger partial charge is 0.324 e. The second kappa shape index (κ2) is 9.65.